The van der Waals surface area contributed by atoms with Gasteiger partial charge in [0.1, 0.15) is 85.3 Å². The summed E-state index contributed by atoms with van der Waals surface area (Å²) in [6.07, 6.45) is -42.7. The van der Waals surface area contributed by atoms with Gasteiger partial charge in [-0.05, 0) is 5.90 Å². The van der Waals surface area contributed by atoms with Crippen LogP contribution in [0.5, 0.6) is 0 Å². The molecule has 4 fully saturated rings. The number of methoxy groups -OCH3 is 2. The zero-order valence-electron chi connectivity index (χ0n) is 46.3. The second-order valence-electron chi connectivity index (χ2n) is 16.1. The second kappa shape index (κ2) is 41.8. The number of carbonyl (C=O) groups is 1. The van der Waals surface area contributed by atoms with E-state index in [4.69, 9.17) is 47.4 Å². The van der Waals surface area contributed by atoms with Crippen molar-refractivity contribution < 1.29 is 389 Å². The third-order valence-corrected chi connectivity index (χ3v) is 13.7. The zero-order chi connectivity index (χ0) is 60.0. The summed E-state index contributed by atoms with van der Waals surface area (Å²) in [5, 5.41) is 79.6. The molecule has 0 spiro atoms. The molecule has 4 heterocycles. The molecule has 4 rings (SSSR count). The van der Waals surface area contributed by atoms with Crippen molar-refractivity contribution in [2.45, 2.75) is 123 Å². The molecule has 86 heavy (non-hydrogen) atoms. The maximum Gasteiger partial charge on any atom is 1.00 e. The average Bonchev–Trinajstić information content (AvgIpc) is 3.29. The first-order valence-electron chi connectivity index (χ1n) is 21.1. The topological polar surface area (TPSA) is 670 Å². The molecular formula is C30H46N3Na7O40S6. The van der Waals surface area contributed by atoms with Crippen molar-refractivity contribution >= 4 is 74.1 Å². The average molecular weight is 1440 g/mol. The Morgan fingerprint density at radius 2 is 0.953 bits per heavy atom. The molecule has 0 amide bonds. The van der Waals surface area contributed by atoms with Crippen molar-refractivity contribution in [2.75, 3.05) is 53.8 Å². The maximum absolute atomic E-state index is 12.9. The number of aliphatic imine (C=N–C) groups is 1. The number of nitrogens with zero attached hydrogens (tertiary/aromatic N) is 1. The van der Waals surface area contributed by atoms with Crippen molar-refractivity contribution in [3.05, 3.63) is 0 Å². The Labute approximate surface area is 644 Å². The molecular weight excluding hydrogens is 1400 g/mol. The number of aliphatic hydroxyl groups is 5. The van der Waals surface area contributed by atoms with E-state index in [2.05, 4.69) is 21.7 Å². The fourth-order valence-corrected chi connectivity index (χ4v) is 10.5. The first-order valence-corrected chi connectivity index (χ1v) is 29.3. The van der Waals surface area contributed by atoms with Gasteiger partial charge in [0, 0.05) is 14.2 Å². The van der Waals surface area contributed by atoms with Crippen molar-refractivity contribution in [1.29, 1.82) is 0 Å². The van der Waals surface area contributed by atoms with E-state index >= 15 is 0 Å². The van der Waals surface area contributed by atoms with Crippen LogP contribution in [0.4, 0.5) is 0 Å². The molecule has 4 aliphatic rings. The molecule has 0 aliphatic carbocycles. The normalized spacial score (nSPS) is 33.7. The standard InChI is InChI=1S/C30H53N3O40S6.7Na/c1-60-19-10(6-64-76(48,49)50)67-27(13(15(19)36)32-74(42,43)44)69-21-9(5-34)66-30(24(17(21)38)73-79(57,58)59)62-4-3-31-12(35)8-63-20-11(7-65-77(51,52)53)68-28(14(16(20)37)33-75(45,46)47)70-22-18(39)23(72-78(54,55)56)29(61-2)71-25(22)26(40)41;;;;;;;/h9-11,13-25,27-30,32-34,36-39H,3-8H2,1-2H3,(H,31,35)(H,40,41)(H,42,43,44)(H,45,46,47)(H,48,49,50)(H,51,52,53)(H,54,55,56)(H,57,58,59);;;;;;;/q;7*+1/p-7/t9-,10+,11+,13+,14+,15+,16+,17-,18-,19+,20+,21+,22-,23+,24+,25+,27+,28+,29+,30+;;;;;;;/m0......./s1. The number of carboxylic acid groups (broad SMARTS) is 1. The Bertz CT molecular complexity index is 2790. The van der Waals surface area contributed by atoms with Gasteiger partial charge in [0.05, 0.1) is 45.5 Å². The van der Waals surface area contributed by atoms with Gasteiger partial charge in [-0.3, -0.25) is 17.1 Å². The van der Waals surface area contributed by atoms with Crippen LogP contribution >= 0.6 is 0 Å². The van der Waals surface area contributed by atoms with Gasteiger partial charge in [0.15, 0.2) is 58.0 Å². The Hall–Kier alpha value is 4.56. The summed E-state index contributed by atoms with van der Waals surface area (Å²) in [4.78, 5) is 15.5. The fourth-order valence-electron chi connectivity index (χ4n) is 7.77. The van der Waals surface area contributed by atoms with E-state index in [9.17, 15) is 118 Å². The van der Waals surface area contributed by atoms with E-state index in [1.807, 2.05) is 0 Å². The van der Waals surface area contributed by atoms with E-state index in [1.54, 1.807) is 0 Å². The Morgan fingerprint density at radius 3 is 1.36 bits per heavy atom. The van der Waals surface area contributed by atoms with Crippen molar-refractivity contribution in [3.63, 3.8) is 0 Å². The number of aliphatic hydroxyl groups excluding tert-OH is 5. The van der Waals surface area contributed by atoms with Gasteiger partial charge in [-0.1, -0.05) is 0 Å². The fraction of sp³-hybridized carbons (Fsp3) is 0.933. The molecule has 4 aliphatic heterocycles. The van der Waals surface area contributed by atoms with E-state index in [0.717, 1.165) is 14.2 Å². The molecule has 0 unspecified atom stereocenters. The molecule has 464 valence electrons. The maximum atomic E-state index is 12.9. The summed E-state index contributed by atoms with van der Waals surface area (Å²) < 4.78 is 278. The van der Waals surface area contributed by atoms with Crippen LogP contribution in [0.15, 0.2) is 4.99 Å². The van der Waals surface area contributed by atoms with Crippen LogP contribution in [0, 0.1) is 0 Å². The van der Waals surface area contributed by atoms with E-state index in [0.29, 0.717) is 0 Å². The predicted octanol–water partition coefficient (Wildman–Crippen LogP) is -35.5. The first-order chi connectivity index (χ1) is 36.2. The van der Waals surface area contributed by atoms with E-state index < -0.39 is 236 Å². The van der Waals surface area contributed by atoms with E-state index in [-0.39, 0.29) is 207 Å². The Kier molecular flexibility index (Phi) is 47.2. The van der Waals surface area contributed by atoms with Gasteiger partial charge in [0.25, 0.3) is 0 Å². The van der Waals surface area contributed by atoms with Gasteiger partial charge < -0.3 is 116 Å². The van der Waals surface area contributed by atoms with Gasteiger partial charge in [-0.2, -0.15) is 8.42 Å². The zero-order valence-corrected chi connectivity index (χ0v) is 65.1. The van der Waals surface area contributed by atoms with Crippen LogP contribution in [-0.2, 0) is 131 Å². The number of nitrogens with one attached hydrogen (secondary N) is 2. The Balaban J connectivity index is -0.00000480. The summed E-state index contributed by atoms with van der Waals surface area (Å²) in [5.41, 5.74) is 0. The molecule has 0 aromatic rings. The van der Waals surface area contributed by atoms with E-state index in [1.165, 1.54) is 9.44 Å². The minimum absolute atomic E-state index is 0. The first kappa shape index (κ1) is 96.9. The van der Waals surface area contributed by atoms with Crippen molar-refractivity contribution in [1.82, 2.24) is 9.44 Å². The molecule has 0 bridgehead atoms. The van der Waals surface area contributed by atoms with Crippen molar-refractivity contribution in [2.24, 2.45) is 4.99 Å². The second-order valence-corrected chi connectivity index (χ2v) is 22.6. The molecule has 0 radical (unpaired) electrons. The number of carbonyl (C=O) groups excluding carboxylic acids is 1. The summed E-state index contributed by atoms with van der Waals surface area (Å²) >= 11 is 0. The number of rotatable bonds is 29. The molecule has 0 saturated carbocycles. The third-order valence-electron chi connectivity index (χ3n) is 10.8. The molecule has 56 heteroatoms. The van der Waals surface area contributed by atoms with Gasteiger partial charge in [0.2, 0.25) is 31.2 Å². The SMILES string of the molecule is CO[C@@H]1O[C@@H](C(=O)[O-])[C@@H](O[C@H]2O[C@H](COS(=O)(=O)[O-])[C@@H](OCC([O-])=NCCO[C@@H]3O[C@@H](CO)[C@@H](O[C@H]4O[C@H](COS(=O)(=O)[O-])[C@@H](OC)[C@H](O)[C@H]4NS(=O)(=O)[O-])[C@H](O)[C@H]3OS(=O)(=O)O)[C@H](O)[C@H]2NS(=O)(=O)[O-])[C@H](O)[C@H]1OS(=O)(=O)[O-].[Na+].[Na+].[Na+].[Na+].[Na+].[Na+].[Na+]. The van der Waals surface area contributed by atoms with Crippen LogP contribution in [-0.4, -0.2) is 292 Å². The minimum Gasteiger partial charge on any atom is -0.860 e. The number of carboxylic acids is 1. The quantitative estimate of drug-likeness (QED) is 0.00861. The largest absolute Gasteiger partial charge is 1.00 e. The summed E-state index contributed by atoms with van der Waals surface area (Å²) in [6, 6.07) is -4.89. The molecule has 43 nitrogen and oxygen atoms in total. The minimum atomic E-state index is -5.83. The number of ether oxygens (including phenoxy) is 10. The third kappa shape index (κ3) is 31.6. The number of hydrogen-bond acceptors (Lipinski definition) is 40. The molecule has 0 aromatic heterocycles. The smallest absolute Gasteiger partial charge is 0.860 e. The molecule has 4 saturated heterocycles. The summed E-state index contributed by atoms with van der Waals surface area (Å²) in [5.74, 6) is -3.74. The van der Waals surface area contributed by atoms with Gasteiger partial charge >= 0.3 is 217 Å². The molecule has 20 atom stereocenters. The van der Waals surface area contributed by atoms with Crippen LogP contribution in [0.1, 0.15) is 0 Å². The predicted molar refractivity (Wildman–Crippen MR) is 222 cm³/mol. The molecule has 8 N–H and O–H groups in total. The van der Waals surface area contributed by atoms with Crippen LogP contribution in [0.3, 0.4) is 0 Å². The van der Waals surface area contributed by atoms with Gasteiger partial charge in [-0.25, -0.2) is 55.7 Å². The monoisotopic (exact) mass is 1440 g/mol. The molecule has 0 aromatic carbocycles. The van der Waals surface area contributed by atoms with Crippen LogP contribution in [0.25, 0.3) is 0 Å². The van der Waals surface area contributed by atoms with Crippen LogP contribution in [0.2, 0.25) is 0 Å². The number of aliphatic carboxylic acids is 1. The number of hydrogen-bond donors (Lipinski definition) is 8. The van der Waals surface area contributed by atoms with Crippen molar-refractivity contribution in [3.8, 4) is 0 Å². The summed E-state index contributed by atoms with van der Waals surface area (Å²) in [7, 11) is -32.5. The summed E-state index contributed by atoms with van der Waals surface area (Å²) in [6.45, 7) is -7.36. The van der Waals surface area contributed by atoms with Crippen LogP contribution < -0.4 is 227 Å². The Morgan fingerprint density at radius 1 is 0.523 bits per heavy atom. The van der Waals surface area contributed by atoms with Gasteiger partial charge in [-0.15, -0.1) is 0 Å².